The van der Waals surface area contributed by atoms with Crippen LogP contribution in [0.2, 0.25) is 0 Å². The Balaban J connectivity index is 1.86. The molecule has 1 atom stereocenters. The van der Waals surface area contributed by atoms with Gasteiger partial charge in [-0.3, -0.25) is 4.21 Å². The number of hydrogen-bond donors (Lipinski definition) is 1. The van der Waals surface area contributed by atoms with E-state index in [1.54, 1.807) is 0 Å². The molecule has 1 saturated carbocycles. The Morgan fingerprint density at radius 3 is 2.78 bits per heavy atom. The van der Waals surface area contributed by atoms with Gasteiger partial charge in [-0.15, -0.1) is 0 Å². The van der Waals surface area contributed by atoms with Gasteiger partial charge < -0.3 is 9.87 Å². The van der Waals surface area contributed by atoms with Gasteiger partial charge in [-0.2, -0.15) is 0 Å². The largest absolute Gasteiger partial charge is 0.772 e. The maximum atomic E-state index is 9.96. The molecule has 0 saturated heterocycles. The highest BCUT2D eigenvalue weighted by Crippen LogP contribution is 2.17. The predicted octanol–water partition coefficient (Wildman–Crippen LogP) is -0.383. The Morgan fingerprint density at radius 2 is 2.33 bits per heavy atom. The minimum Gasteiger partial charge on any atom is -0.772 e. The summed E-state index contributed by atoms with van der Waals surface area (Å²) in [6.07, 6.45) is 2.43. The third-order valence-electron chi connectivity index (χ3n) is 1.28. The zero-order valence-electron chi connectivity index (χ0n) is 5.13. The highest BCUT2D eigenvalue weighted by Gasteiger charge is 2.19. The highest BCUT2D eigenvalue weighted by molar-refractivity contribution is 7.79. The molecule has 0 bridgehead atoms. The van der Waals surface area contributed by atoms with Gasteiger partial charge in [0.05, 0.1) is 0 Å². The Bertz CT molecular complexity index is 114. The molecular weight excluding hydrogens is 138 g/mol. The van der Waals surface area contributed by atoms with Crippen LogP contribution >= 0.6 is 0 Å². The average molecular weight is 148 g/mol. The Kier molecular flexibility index (Phi) is 2.63. The molecule has 1 aliphatic rings. The van der Waals surface area contributed by atoms with E-state index in [4.69, 9.17) is 0 Å². The van der Waals surface area contributed by atoms with Crippen LogP contribution in [0.25, 0.3) is 0 Å². The molecule has 0 radical (unpaired) electrons. The average Bonchev–Trinajstić information content (AvgIpc) is 2.48. The molecule has 1 N–H and O–H groups in total. The molecule has 3 nitrogen and oxygen atoms in total. The van der Waals surface area contributed by atoms with Gasteiger partial charge in [0, 0.05) is 18.3 Å². The third kappa shape index (κ3) is 3.61. The van der Waals surface area contributed by atoms with Crippen molar-refractivity contribution in [2.24, 2.45) is 0 Å². The van der Waals surface area contributed by atoms with Gasteiger partial charge in [0.2, 0.25) is 0 Å². The van der Waals surface area contributed by atoms with Crippen LogP contribution in [0.5, 0.6) is 0 Å². The summed E-state index contributed by atoms with van der Waals surface area (Å²) in [5, 5.41) is 3.09. The SMILES string of the molecule is O=S([O-])CCNC1CC1. The molecule has 0 aromatic heterocycles. The lowest BCUT2D eigenvalue weighted by Gasteiger charge is -2.04. The third-order valence-corrected chi connectivity index (χ3v) is 1.82. The minimum atomic E-state index is -1.87. The standard InChI is InChI=1S/C5H11NO2S/c7-9(8)4-3-6-5-1-2-5/h5-6H,1-4H2,(H,7,8)/p-1. The Hall–Kier alpha value is 0.0700. The quantitative estimate of drug-likeness (QED) is 0.553. The van der Waals surface area contributed by atoms with Crippen LogP contribution in [0.1, 0.15) is 12.8 Å². The zero-order chi connectivity index (χ0) is 6.69. The fourth-order valence-electron chi connectivity index (χ4n) is 0.634. The normalized spacial score (nSPS) is 21.9. The van der Waals surface area contributed by atoms with E-state index < -0.39 is 11.1 Å². The first kappa shape index (κ1) is 7.18. The second-order valence-electron chi connectivity index (χ2n) is 2.24. The fourth-order valence-corrected chi connectivity index (χ4v) is 0.918. The van der Waals surface area contributed by atoms with E-state index in [-0.39, 0.29) is 5.75 Å². The number of nitrogens with one attached hydrogen (secondary N) is 1. The summed E-state index contributed by atoms with van der Waals surface area (Å²) in [4.78, 5) is 0. The van der Waals surface area contributed by atoms with Crippen LogP contribution in [0.3, 0.4) is 0 Å². The smallest absolute Gasteiger partial charge is 0.0227 e. The lowest BCUT2D eigenvalue weighted by atomic mass is 10.6. The van der Waals surface area contributed by atoms with Gasteiger partial charge >= 0.3 is 0 Å². The van der Waals surface area contributed by atoms with Crippen LogP contribution < -0.4 is 5.32 Å². The zero-order valence-corrected chi connectivity index (χ0v) is 5.95. The van der Waals surface area contributed by atoms with Crippen LogP contribution in [-0.4, -0.2) is 27.1 Å². The lowest BCUT2D eigenvalue weighted by molar-refractivity contribution is 0.533. The number of hydrogen-bond acceptors (Lipinski definition) is 3. The van der Waals surface area contributed by atoms with Crippen LogP contribution in [0.15, 0.2) is 0 Å². The molecule has 54 valence electrons. The minimum absolute atomic E-state index is 0.247. The molecule has 1 rings (SSSR count). The monoisotopic (exact) mass is 148 g/mol. The van der Waals surface area contributed by atoms with E-state index in [1.807, 2.05) is 0 Å². The molecule has 0 aromatic rings. The first-order valence-corrected chi connectivity index (χ1v) is 4.32. The summed E-state index contributed by atoms with van der Waals surface area (Å²) >= 11 is -1.87. The molecule has 0 heterocycles. The van der Waals surface area contributed by atoms with Crippen molar-refractivity contribution in [2.75, 3.05) is 12.3 Å². The lowest BCUT2D eigenvalue weighted by Crippen LogP contribution is -2.22. The van der Waals surface area contributed by atoms with Crippen LogP contribution in [-0.2, 0) is 11.1 Å². The molecule has 1 aliphatic carbocycles. The summed E-state index contributed by atoms with van der Waals surface area (Å²) in [7, 11) is 0. The van der Waals surface area contributed by atoms with E-state index in [0.29, 0.717) is 12.6 Å². The molecule has 1 fully saturated rings. The molecular formula is C5H10NO2S-. The van der Waals surface area contributed by atoms with Crippen molar-refractivity contribution in [3.05, 3.63) is 0 Å². The van der Waals surface area contributed by atoms with Crippen molar-refractivity contribution < 1.29 is 8.76 Å². The Labute approximate surface area is 57.1 Å². The van der Waals surface area contributed by atoms with Gasteiger partial charge in [-0.25, -0.2) is 0 Å². The van der Waals surface area contributed by atoms with Crippen molar-refractivity contribution in [1.82, 2.24) is 5.32 Å². The van der Waals surface area contributed by atoms with E-state index in [2.05, 4.69) is 5.32 Å². The first-order valence-electron chi connectivity index (χ1n) is 3.08. The van der Waals surface area contributed by atoms with Crippen molar-refractivity contribution >= 4 is 11.1 Å². The van der Waals surface area contributed by atoms with Crippen molar-refractivity contribution in [1.29, 1.82) is 0 Å². The summed E-state index contributed by atoms with van der Waals surface area (Å²) in [6, 6.07) is 0.619. The molecule has 0 amide bonds. The maximum absolute atomic E-state index is 9.96. The molecule has 0 aromatic carbocycles. The van der Waals surface area contributed by atoms with Crippen LogP contribution in [0.4, 0.5) is 0 Å². The van der Waals surface area contributed by atoms with Crippen LogP contribution in [0, 0.1) is 0 Å². The fraction of sp³-hybridized carbons (Fsp3) is 1.00. The van der Waals surface area contributed by atoms with Gasteiger partial charge in [0.15, 0.2) is 0 Å². The van der Waals surface area contributed by atoms with E-state index in [9.17, 15) is 8.76 Å². The predicted molar refractivity (Wildman–Crippen MR) is 34.8 cm³/mol. The first-order chi connectivity index (χ1) is 4.29. The highest BCUT2D eigenvalue weighted by atomic mass is 32.2. The van der Waals surface area contributed by atoms with Crippen molar-refractivity contribution in [3.8, 4) is 0 Å². The second kappa shape index (κ2) is 3.29. The summed E-state index contributed by atoms with van der Waals surface area (Å²) in [5.41, 5.74) is 0. The Morgan fingerprint density at radius 1 is 1.67 bits per heavy atom. The topological polar surface area (TPSA) is 52.2 Å². The van der Waals surface area contributed by atoms with Gasteiger partial charge in [-0.1, -0.05) is 11.1 Å². The van der Waals surface area contributed by atoms with Gasteiger partial charge in [0.25, 0.3) is 0 Å². The number of rotatable bonds is 4. The maximum Gasteiger partial charge on any atom is 0.0227 e. The molecule has 9 heavy (non-hydrogen) atoms. The summed E-state index contributed by atoms with van der Waals surface area (Å²) in [5.74, 6) is 0.247. The molecule has 0 spiro atoms. The summed E-state index contributed by atoms with van der Waals surface area (Å²) in [6.45, 7) is 0.612. The van der Waals surface area contributed by atoms with E-state index in [0.717, 1.165) is 0 Å². The molecule has 4 heteroatoms. The second-order valence-corrected chi connectivity index (χ2v) is 3.25. The molecule has 0 aliphatic heterocycles. The molecule has 1 unspecified atom stereocenters. The summed E-state index contributed by atoms with van der Waals surface area (Å²) < 4.78 is 19.9. The van der Waals surface area contributed by atoms with E-state index in [1.165, 1.54) is 12.8 Å². The van der Waals surface area contributed by atoms with E-state index >= 15 is 0 Å². The van der Waals surface area contributed by atoms with Crippen molar-refractivity contribution in [2.45, 2.75) is 18.9 Å². The van der Waals surface area contributed by atoms with Crippen molar-refractivity contribution in [3.63, 3.8) is 0 Å². The van der Waals surface area contributed by atoms with Gasteiger partial charge in [0.1, 0.15) is 0 Å². The van der Waals surface area contributed by atoms with Gasteiger partial charge in [-0.05, 0) is 12.8 Å².